The van der Waals surface area contributed by atoms with Gasteiger partial charge >= 0.3 is 0 Å². The quantitative estimate of drug-likeness (QED) is 0.873. The summed E-state index contributed by atoms with van der Waals surface area (Å²) >= 11 is 1.79. The zero-order valence-corrected chi connectivity index (χ0v) is 12.9. The van der Waals surface area contributed by atoms with Crippen LogP contribution in [0.25, 0.3) is 0 Å². The molecule has 1 heterocycles. The highest BCUT2D eigenvalue weighted by atomic mass is 32.1. The summed E-state index contributed by atoms with van der Waals surface area (Å²) in [4.78, 5) is 14.4. The first-order valence-corrected chi connectivity index (χ1v) is 7.63. The molecule has 0 bridgehead atoms. The molecule has 1 atom stereocenters. The lowest BCUT2D eigenvalue weighted by atomic mass is 10.1. The minimum Gasteiger partial charge on any atom is -0.378 e. The molecule has 0 aliphatic rings. The van der Waals surface area contributed by atoms with Crippen molar-refractivity contribution in [2.24, 2.45) is 0 Å². The molecule has 2 aromatic rings. The number of amides is 1. The number of carbonyl (C=O) groups excluding carboxylic acids is 1. The van der Waals surface area contributed by atoms with Gasteiger partial charge in [-0.15, -0.1) is 11.3 Å². The van der Waals surface area contributed by atoms with Gasteiger partial charge in [-0.1, -0.05) is 6.07 Å². The second kappa shape index (κ2) is 6.57. The molecule has 2 rings (SSSR count). The summed E-state index contributed by atoms with van der Waals surface area (Å²) in [6.45, 7) is 6.79. The SMILES string of the molecule is CCNC(=O)c1cccc(NC(C)c2ccc(C)s2)c1. The first kappa shape index (κ1) is 14.6. The minimum atomic E-state index is -0.0317. The molecular weight excluding hydrogens is 268 g/mol. The van der Waals surface area contributed by atoms with Crippen molar-refractivity contribution in [3.8, 4) is 0 Å². The van der Waals surface area contributed by atoms with Crippen molar-refractivity contribution >= 4 is 22.9 Å². The molecule has 0 saturated carbocycles. The molecule has 0 radical (unpaired) electrons. The zero-order chi connectivity index (χ0) is 14.5. The highest BCUT2D eigenvalue weighted by molar-refractivity contribution is 7.12. The first-order chi connectivity index (χ1) is 9.60. The number of thiophene rings is 1. The molecule has 1 aromatic heterocycles. The number of benzene rings is 1. The van der Waals surface area contributed by atoms with Gasteiger partial charge in [0.05, 0.1) is 6.04 Å². The Kier molecular flexibility index (Phi) is 4.79. The molecular formula is C16H20N2OS. The van der Waals surface area contributed by atoms with Crippen molar-refractivity contribution < 1.29 is 4.79 Å². The van der Waals surface area contributed by atoms with Crippen LogP contribution in [0.5, 0.6) is 0 Å². The number of aryl methyl sites for hydroxylation is 1. The van der Waals surface area contributed by atoms with E-state index in [4.69, 9.17) is 0 Å². The Hall–Kier alpha value is -1.81. The highest BCUT2D eigenvalue weighted by Crippen LogP contribution is 2.26. The summed E-state index contributed by atoms with van der Waals surface area (Å²) in [5, 5.41) is 6.25. The topological polar surface area (TPSA) is 41.1 Å². The van der Waals surface area contributed by atoms with Crippen molar-refractivity contribution in [3.63, 3.8) is 0 Å². The molecule has 0 aliphatic heterocycles. The predicted molar refractivity (Wildman–Crippen MR) is 85.5 cm³/mol. The fraction of sp³-hybridized carbons (Fsp3) is 0.312. The second-order valence-electron chi connectivity index (χ2n) is 4.75. The molecule has 0 saturated heterocycles. The molecule has 0 fully saturated rings. The van der Waals surface area contributed by atoms with Gasteiger partial charge in [-0.25, -0.2) is 0 Å². The Morgan fingerprint density at radius 3 is 2.75 bits per heavy atom. The Balaban J connectivity index is 2.09. The Morgan fingerprint density at radius 1 is 1.30 bits per heavy atom. The maximum atomic E-state index is 11.8. The maximum Gasteiger partial charge on any atom is 0.251 e. The lowest BCUT2D eigenvalue weighted by Gasteiger charge is -2.14. The van der Waals surface area contributed by atoms with Gasteiger partial charge in [0.1, 0.15) is 0 Å². The number of anilines is 1. The van der Waals surface area contributed by atoms with E-state index in [0.29, 0.717) is 12.1 Å². The van der Waals surface area contributed by atoms with E-state index in [1.807, 2.05) is 31.2 Å². The van der Waals surface area contributed by atoms with E-state index in [9.17, 15) is 4.79 Å². The van der Waals surface area contributed by atoms with Crippen molar-refractivity contribution in [1.82, 2.24) is 5.32 Å². The van der Waals surface area contributed by atoms with Crippen molar-refractivity contribution in [2.75, 3.05) is 11.9 Å². The van der Waals surface area contributed by atoms with Gasteiger partial charge in [0.25, 0.3) is 5.91 Å². The molecule has 1 amide bonds. The number of carbonyl (C=O) groups is 1. The smallest absolute Gasteiger partial charge is 0.251 e. The molecule has 0 aliphatic carbocycles. The zero-order valence-electron chi connectivity index (χ0n) is 12.1. The fourth-order valence-corrected chi connectivity index (χ4v) is 2.90. The van der Waals surface area contributed by atoms with Gasteiger partial charge in [0.2, 0.25) is 0 Å². The molecule has 2 N–H and O–H groups in total. The normalized spacial score (nSPS) is 11.9. The summed E-state index contributed by atoms with van der Waals surface area (Å²) in [6, 6.07) is 12.1. The summed E-state index contributed by atoms with van der Waals surface area (Å²) in [7, 11) is 0. The van der Waals surface area contributed by atoms with Crippen LogP contribution in [-0.2, 0) is 0 Å². The predicted octanol–water partition coefficient (Wildman–Crippen LogP) is 3.98. The fourth-order valence-electron chi connectivity index (χ4n) is 2.02. The molecule has 106 valence electrons. The largest absolute Gasteiger partial charge is 0.378 e. The van der Waals surface area contributed by atoms with Crippen LogP contribution < -0.4 is 10.6 Å². The minimum absolute atomic E-state index is 0.0317. The molecule has 4 heteroatoms. The summed E-state index contributed by atoms with van der Waals surface area (Å²) < 4.78 is 0. The number of hydrogen-bond acceptors (Lipinski definition) is 3. The number of hydrogen-bond donors (Lipinski definition) is 2. The van der Waals surface area contributed by atoms with Crippen molar-refractivity contribution in [2.45, 2.75) is 26.8 Å². The standard InChI is InChI=1S/C16H20N2OS/c1-4-17-16(19)13-6-5-7-14(10-13)18-12(3)15-9-8-11(2)20-15/h5-10,12,18H,4H2,1-3H3,(H,17,19). The third-order valence-corrected chi connectivity index (χ3v) is 4.22. The summed E-state index contributed by atoms with van der Waals surface area (Å²) in [5.74, 6) is -0.0317. The maximum absolute atomic E-state index is 11.8. The lowest BCUT2D eigenvalue weighted by Crippen LogP contribution is -2.22. The van der Waals surface area contributed by atoms with Crippen LogP contribution in [0.15, 0.2) is 36.4 Å². The summed E-state index contributed by atoms with van der Waals surface area (Å²) in [5.41, 5.74) is 1.65. The van der Waals surface area contributed by atoms with Crippen molar-refractivity contribution in [3.05, 3.63) is 51.7 Å². The van der Waals surface area contributed by atoms with Crippen LogP contribution in [0.4, 0.5) is 5.69 Å². The van der Waals surface area contributed by atoms with E-state index < -0.39 is 0 Å². The Bertz CT molecular complexity index is 592. The Labute approximate surface area is 124 Å². The van der Waals surface area contributed by atoms with Crippen LogP contribution in [0.3, 0.4) is 0 Å². The first-order valence-electron chi connectivity index (χ1n) is 6.81. The van der Waals surface area contributed by atoms with Crippen LogP contribution in [0.2, 0.25) is 0 Å². The van der Waals surface area contributed by atoms with Gasteiger partial charge < -0.3 is 10.6 Å². The van der Waals surface area contributed by atoms with E-state index >= 15 is 0 Å². The third kappa shape index (κ3) is 3.61. The van der Waals surface area contributed by atoms with E-state index in [1.165, 1.54) is 9.75 Å². The molecule has 3 nitrogen and oxygen atoms in total. The van der Waals surface area contributed by atoms with Crippen molar-refractivity contribution in [1.29, 1.82) is 0 Å². The van der Waals surface area contributed by atoms with Gasteiger partial charge in [-0.05, 0) is 51.1 Å². The lowest BCUT2D eigenvalue weighted by molar-refractivity contribution is 0.0956. The Morgan fingerprint density at radius 2 is 2.10 bits per heavy atom. The molecule has 0 spiro atoms. The van der Waals surface area contributed by atoms with E-state index in [1.54, 1.807) is 11.3 Å². The van der Waals surface area contributed by atoms with Gasteiger partial charge in [-0.3, -0.25) is 4.79 Å². The highest BCUT2D eigenvalue weighted by Gasteiger charge is 2.09. The van der Waals surface area contributed by atoms with E-state index in [-0.39, 0.29) is 11.9 Å². The van der Waals surface area contributed by atoms with Crippen LogP contribution in [-0.4, -0.2) is 12.5 Å². The average Bonchev–Trinajstić information content (AvgIpc) is 2.86. The van der Waals surface area contributed by atoms with Gasteiger partial charge in [0.15, 0.2) is 0 Å². The second-order valence-corrected chi connectivity index (χ2v) is 6.07. The molecule has 1 unspecified atom stereocenters. The van der Waals surface area contributed by atoms with E-state index in [2.05, 4.69) is 36.6 Å². The van der Waals surface area contributed by atoms with Gasteiger partial charge in [-0.2, -0.15) is 0 Å². The number of nitrogens with one attached hydrogen (secondary N) is 2. The summed E-state index contributed by atoms with van der Waals surface area (Å²) in [6.07, 6.45) is 0. The number of rotatable bonds is 5. The van der Waals surface area contributed by atoms with E-state index in [0.717, 1.165) is 5.69 Å². The van der Waals surface area contributed by atoms with Crippen LogP contribution in [0, 0.1) is 6.92 Å². The van der Waals surface area contributed by atoms with Gasteiger partial charge in [0, 0.05) is 27.5 Å². The molecule has 20 heavy (non-hydrogen) atoms. The average molecular weight is 288 g/mol. The monoisotopic (exact) mass is 288 g/mol. The third-order valence-electron chi connectivity index (χ3n) is 3.03. The molecule has 1 aromatic carbocycles. The van der Waals surface area contributed by atoms with Crippen LogP contribution in [0.1, 0.15) is 40.0 Å². The van der Waals surface area contributed by atoms with Crippen LogP contribution >= 0.6 is 11.3 Å².